The summed E-state index contributed by atoms with van der Waals surface area (Å²) in [6.45, 7) is 0. The summed E-state index contributed by atoms with van der Waals surface area (Å²) in [5, 5.41) is 7.14. The summed E-state index contributed by atoms with van der Waals surface area (Å²) in [6.07, 6.45) is 12.9. The molecule has 7 rings (SSSR count). The summed E-state index contributed by atoms with van der Waals surface area (Å²) >= 11 is 0. The topological polar surface area (TPSA) is 43.0 Å². The highest BCUT2D eigenvalue weighted by Crippen LogP contribution is 2.51. The largest absolute Gasteiger partial charge is 0.453 e. The third-order valence-corrected chi connectivity index (χ3v) is 7.29. The van der Waals surface area contributed by atoms with Crippen LogP contribution in [0.3, 0.4) is 0 Å². The minimum Gasteiger partial charge on any atom is -0.453 e. The van der Waals surface area contributed by atoms with E-state index in [-0.39, 0.29) is 12.3 Å². The van der Waals surface area contributed by atoms with Crippen LogP contribution in [-0.2, 0) is 0 Å². The van der Waals surface area contributed by atoms with Crippen LogP contribution in [0, 0.1) is 0 Å². The number of benzene rings is 2. The number of fused-ring (bicyclic) bond motifs is 8. The normalized spacial score (nSPS) is 32.3. The van der Waals surface area contributed by atoms with E-state index in [1.807, 2.05) is 0 Å². The predicted molar refractivity (Wildman–Crippen MR) is 116 cm³/mol. The molecule has 6 heteroatoms. The second kappa shape index (κ2) is 6.11. The number of nitrogens with zero attached hydrogens (tertiary/aromatic N) is 3. The molecule has 1 saturated carbocycles. The van der Waals surface area contributed by atoms with Crippen molar-refractivity contribution < 1.29 is 4.74 Å². The van der Waals surface area contributed by atoms with Gasteiger partial charge in [0.15, 0.2) is 11.5 Å². The van der Waals surface area contributed by atoms with Crippen molar-refractivity contribution in [1.82, 2.24) is 20.4 Å². The van der Waals surface area contributed by atoms with Crippen molar-refractivity contribution in [3.8, 4) is 11.5 Å². The minimum atomic E-state index is 0.244. The number of hydrogen-bond donors (Lipinski definition) is 2. The summed E-state index contributed by atoms with van der Waals surface area (Å²) in [7, 11) is 0. The van der Waals surface area contributed by atoms with Gasteiger partial charge < -0.3 is 30.1 Å². The Morgan fingerprint density at radius 3 is 2.07 bits per heavy atom. The van der Waals surface area contributed by atoms with E-state index in [1.54, 1.807) is 0 Å². The first-order chi connectivity index (χ1) is 14.9. The molecule has 2 aromatic rings. The first kappa shape index (κ1) is 16.5. The van der Waals surface area contributed by atoms with Gasteiger partial charge in [-0.1, -0.05) is 24.3 Å². The highest BCUT2D eigenvalue weighted by atomic mass is 16.5. The Balaban J connectivity index is 1.37. The molecule has 0 radical (unpaired) electrons. The second-order valence-electron chi connectivity index (χ2n) is 8.71. The van der Waals surface area contributed by atoms with E-state index in [4.69, 9.17) is 4.74 Å². The van der Waals surface area contributed by atoms with Crippen molar-refractivity contribution in [3.63, 3.8) is 0 Å². The Morgan fingerprint density at radius 2 is 1.33 bits per heavy atom. The second-order valence-corrected chi connectivity index (χ2v) is 8.71. The number of ether oxygens (including phenoxy) is 1. The fraction of sp³-hybridized carbons (Fsp3) is 0.333. The molecule has 2 N–H and O–H groups in total. The van der Waals surface area contributed by atoms with Crippen LogP contribution in [0.5, 0.6) is 11.5 Å². The molecule has 0 amide bonds. The Kier molecular flexibility index (Phi) is 3.36. The number of piperazine rings is 1. The summed E-state index contributed by atoms with van der Waals surface area (Å²) in [5.41, 5.74) is 2.35. The zero-order chi connectivity index (χ0) is 19.7. The van der Waals surface area contributed by atoms with Gasteiger partial charge in [-0.3, -0.25) is 0 Å². The third-order valence-electron chi connectivity index (χ3n) is 7.29. The fourth-order valence-corrected chi connectivity index (χ4v) is 6.15. The average Bonchev–Trinajstić information content (AvgIpc) is 3.46. The van der Waals surface area contributed by atoms with E-state index in [9.17, 15) is 0 Å². The maximum absolute atomic E-state index is 6.28. The lowest BCUT2D eigenvalue weighted by Crippen LogP contribution is -2.73. The molecule has 5 unspecified atom stereocenters. The number of anilines is 2. The van der Waals surface area contributed by atoms with E-state index in [0.717, 1.165) is 17.9 Å². The molecule has 5 atom stereocenters. The van der Waals surface area contributed by atoms with E-state index in [0.29, 0.717) is 18.1 Å². The van der Waals surface area contributed by atoms with Gasteiger partial charge in [-0.2, -0.15) is 0 Å². The van der Waals surface area contributed by atoms with Gasteiger partial charge in [0.05, 0.1) is 29.5 Å². The van der Waals surface area contributed by atoms with Crippen LogP contribution in [0.2, 0.25) is 0 Å². The van der Waals surface area contributed by atoms with Crippen molar-refractivity contribution >= 4 is 11.4 Å². The molecule has 5 aliphatic rings. The lowest BCUT2D eigenvalue weighted by molar-refractivity contribution is -0.0363. The molecule has 0 aromatic heterocycles. The Labute approximate surface area is 176 Å². The van der Waals surface area contributed by atoms with Crippen molar-refractivity contribution in [1.29, 1.82) is 0 Å². The molecule has 1 saturated heterocycles. The molecular weight excluding hydrogens is 374 g/mol. The Hall–Kier alpha value is -3.28. The number of nitrogens with one attached hydrogen (secondary N) is 2. The van der Waals surface area contributed by atoms with Gasteiger partial charge in [0.1, 0.15) is 12.3 Å². The monoisotopic (exact) mass is 399 g/mol. The molecule has 2 aromatic carbocycles. The molecular formula is C24H25N5O. The van der Waals surface area contributed by atoms with Gasteiger partial charge in [-0.15, -0.1) is 0 Å². The van der Waals surface area contributed by atoms with Gasteiger partial charge >= 0.3 is 0 Å². The number of hydrogen-bond acceptors (Lipinski definition) is 6. The predicted octanol–water partition coefficient (Wildman–Crippen LogP) is 3.64. The fourth-order valence-electron chi connectivity index (χ4n) is 6.15. The molecule has 2 fully saturated rings. The molecule has 4 aliphatic heterocycles. The van der Waals surface area contributed by atoms with E-state index in [2.05, 4.69) is 98.7 Å². The number of para-hydroxylation sites is 4. The van der Waals surface area contributed by atoms with Crippen molar-refractivity contribution in [2.24, 2.45) is 0 Å². The lowest BCUT2D eigenvalue weighted by Gasteiger charge is -2.58. The van der Waals surface area contributed by atoms with Crippen molar-refractivity contribution in [2.75, 3.05) is 4.90 Å². The van der Waals surface area contributed by atoms with Crippen molar-refractivity contribution in [3.05, 3.63) is 73.3 Å². The maximum Gasteiger partial charge on any atom is 0.151 e. The van der Waals surface area contributed by atoms with Crippen LogP contribution in [0.25, 0.3) is 0 Å². The summed E-state index contributed by atoms with van der Waals surface area (Å²) in [5.74, 6) is 1.89. The third kappa shape index (κ3) is 2.13. The lowest BCUT2D eigenvalue weighted by atomic mass is 9.80. The average molecular weight is 399 g/mol. The molecule has 0 spiro atoms. The highest BCUT2D eigenvalue weighted by molar-refractivity contribution is 5.78. The van der Waals surface area contributed by atoms with E-state index >= 15 is 0 Å². The maximum atomic E-state index is 6.28. The van der Waals surface area contributed by atoms with E-state index in [1.165, 1.54) is 24.2 Å². The van der Waals surface area contributed by atoms with Crippen LogP contribution >= 0.6 is 0 Å². The summed E-state index contributed by atoms with van der Waals surface area (Å²) in [6, 6.07) is 18.1. The smallest absolute Gasteiger partial charge is 0.151 e. The van der Waals surface area contributed by atoms with E-state index < -0.39 is 0 Å². The van der Waals surface area contributed by atoms with Gasteiger partial charge in [0.25, 0.3) is 0 Å². The van der Waals surface area contributed by atoms with Crippen LogP contribution in [0.4, 0.5) is 11.4 Å². The van der Waals surface area contributed by atoms with Crippen LogP contribution in [0.1, 0.15) is 19.3 Å². The van der Waals surface area contributed by atoms with Crippen LogP contribution < -0.4 is 20.3 Å². The van der Waals surface area contributed by atoms with Gasteiger partial charge in [-0.25, -0.2) is 0 Å². The molecule has 6 nitrogen and oxygen atoms in total. The summed E-state index contributed by atoms with van der Waals surface area (Å²) in [4.78, 5) is 7.67. The van der Waals surface area contributed by atoms with Crippen LogP contribution in [-0.4, -0.2) is 40.3 Å². The Bertz CT molecular complexity index is 1010. The van der Waals surface area contributed by atoms with Gasteiger partial charge in [0, 0.05) is 24.8 Å². The van der Waals surface area contributed by atoms with Gasteiger partial charge in [-0.05, 0) is 43.5 Å². The molecule has 0 bridgehead atoms. The molecule has 4 heterocycles. The SMILES string of the molecule is C1=CN2C3CCCC(N4c5ccccc5Oc5ccccc54)C3N3C=CNC3C2N1. The Morgan fingerprint density at radius 1 is 0.733 bits per heavy atom. The standard InChI is InChI=1S/C24H25N5O/c1-3-10-20-16(6-1)29(17-7-2-4-11-21(17)30-20)19-9-5-8-18-22(19)28-15-13-26-24(28)23-25-12-14-27(18)23/h1-4,6-7,10-15,18-19,22-26H,5,8-9H2. The molecule has 30 heavy (non-hydrogen) atoms. The first-order valence-electron chi connectivity index (χ1n) is 11.0. The first-order valence-corrected chi connectivity index (χ1v) is 11.0. The highest BCUT2D eigenvalue weighted by Gasteiger charge is 2.53. The zero-order valence-corrected chi connectivity index (χ0v) is 16.7. The minimum absolute atomic E-state index is 0.244. The quantitative estimate of drug-likeness (QED) is 0.763. The summed E-state index contributed by atoms with van der Waals surface area (Å²) < 4.78 is 6.28. The van der Waals surface area contributed by atoms with Crippen LogP contribution in [0.15, 0.2) is 73.3 Å². The molecule has 152 valence electrons. The zero-order valence-electron chi connectivity index (χ0n) is 16.7. The number of rotatable bonds is 1. The molecule has 1 aliphatic carbocycles. The van der Waals surface area contributed by atoms with Gasteiger partial charge in [0.2, 0.25) is 0 Å². The van der Waals surface area contributed by atoms with Crippen molar-refractivity contribution in [2.45, 2.75) is 49.7 Å².